The molecule has 0 saturated carbocycles. The summed E-state index contributed by atoms with van der Waals surface area (Å²) in [4.78, 5) is 26.0. The maximum absolute atomic E-state index is 12.7. The van der Waals surface area contributed by atoms with Gasteiger partial charge in [0, 0.05) is 17.2 Å². The van der Waals surface area contributed by atoms with Gasteiger partial charge in [-0.2, -0.15) is 0 Å². The van der Waals surface area contributed by atoms with Crippen LogP contribution in [0.25, 0.3) is 0 Å². The van der Waals surface area contributed by atoms with Gasteiger partial charge in [-0.25, -0.2) is 13.2 Å². The van der Waals surface area contributed by atoms with Crippen LogP contribution in [0.4, 0.5) is 4.79 Å². The lowest BCUT2D eigenvalue weighted by molar-refractivity contribution is -0.121. The fourth-order valence-corrected chi connectivity index (χ4v) is 5.40. The molecule has 0 fully saturated rings. The number of carbonyl (C=O) groups excluding carboxylic acids is 2. The Balaban J connectivity index is 1.94. The highest BCUT2D eigenvalue weighted by molar-refractivity contribution is 14.1. The molecule has 1 unspecified atom stereocenters. The number of sulfone groups is 1. The zero-order valence-corrected chi connectivity index (χ0v) is 21.8. The molecule has 0 aliphatic heterocycles. The third-order valence-corrected chi connectivity index (χ3v) is 7.91. The number of hydrogen-bond donors (Lipinski definition) is 0. The number of amides is 1. The second-order valence-corrected chi connectivity index (χ2v) is 11.6. The molecule has 0 aliphatic rings. The molecule has 2 aromatic rings. The molecule has 1 atom stereocenters. The monoisotopic (exact) mass is 591 g/mol. The molecule has 0 radical (unpaired) electrons. The number of Topliss-reactive ketones (excluding diaryl/α,β-unsaturated/α-hetero) is 1. The van der Waals surface area contributed by atoms with Crippen molar-refractivity contribution in [1.29, 1.82) is 0 Å². The summed E-state index contributed by atoms with van der Waals surface area (Å²) in [6.45, 7) is 1.84. The highest BCUT2D eigenvalue weighted by Crippen LogP contribution is 2.31. The zero-order chi connectivity index (χ0) is 23.8. The minimum absolute atomic E-state index is 0.000636. The van der Waals surface area contributed by atoms with E-state index in [-0.39, 0.29) is 42.7 Å². The van der Waals surface area contributed by atoms with E-state index in [0.717, 1.165) is 14.7 Å². The SMILES string of the molecule is CN(CCS(=O)(=O)CCC(C)(C(=O)CCl)c1cccc(I)c1)C(=O)OCc1ccccc1. The van der Waals surface area contributed by atoms with E-state index in [2.05, 4.69) is 22.6 Å². The molecule has 0 aliphatic carbocycles. The summed E-state index contributed by atoms with van der Waals surface area (Å²) in [7, 11) is -2.02. The van der Waals surface area contributed by atoms with Crippen molar-refractivity contribution >= 4 is 55.9 Å². The molecule has 9 heteroatoms. The summed E-state index contributed by atoms with van der Waals surface area (Å²) in [6.07, 6.45) is -0.478. The van der Waals surface area contributed by atoms with Crippen LogP contribution in [0.2, 0.25) is 0 Å². The van der Waals surface area contributed by atoms with E-state index in [9.17, 15) is 18.0 Å². The normalized spacial score (nSPS) is 13.2. The van der Waals surface area contributed by atoms with Crippen molar-refractivity contribution in [2.45, 2.75) is 25.4 Å². The van der Waals surface area contributed by atoms with E-state index in [1.54, 1.807) is 6.92 Å². The number of ether oxygens (including phenoxy) is 1. The molecular formula is C23H27ClINO5S. The van der Waals surface area contributed by atoms with Gasteiger partial charge in [0.05, 0.1) is 22.8 Å². The molecular weight excluding hydrogens is 565 g/mol. The molecule has 0 bridgehead atoms. The van der Waals surface area contributed by atoms with E-state index < -0.39 is 21.3 Å². The lowest BCUT2D eigenvalue weighted by Gasteiger charge is -2.28. The molecule has 174 valence electrons. The smallest absolute Gasteiger partial charge is 0.409 e. The number of halogens is 2. The molecule has 0 spiro atoms. The van der Waals surface area contributed by atoms with Crippen LogP contribution in [0.1, 0.15) is 24.5 Å². The van der Waals surface area contributed by atoms with E-state index in [4.69, 9.17) is 16.3 Å². The van der Waals surface area contributed by atoms with Crippen LogP contribution in [-0.4, -0.2) is 56.2 Å². The molecule has 2 rings (SSSR count). The van der Waals surface area contributed by atoms with Gasteiger partial charge in [-0.15, -0.1) is 11.6 Å². The van der Waals surface area contributed by atoms with Gasteiger partial charge in [-0.3, -0.25) is 4.79 Å². The van der Waals surface area contributed by atoms with Gasteiger partial charge in [-0.1, -0.05) is 42.5 Å². The highest BCUT2D eigenvalue weighted by atomic mass is 127. The Morgan fingerprint density at radius 1 is 1.09 bits per heavy atom. The average molecular weight is 592 g/mol. The van der Waals surface area contributed by atoms with Crippen molar-refractivity contribution in [2.24, 2.45) is 0 Å². The van der Waals surface area contributed by atoms with Crippen LogP contribution in [0.5, 0.6) is 0 Å². The Morgan fingerprint density at radius 2 is 1.78 bits per heavy atom. The summed E-state index contributed by atoms with van der Waals surface area (Å²) >= 11 is 7.98. The second-order valence-electron chi connectivity index (χ2n) is 7.76. The van der Waals surface area contributed by atoms with Crippen molar-refractivity contribution in [3.05, 3.63) is 69.3 Å². The molecule has 0 saturated heterocycles. The fraction of sp³-hybridized carbons (Fsp3) is 0.391. The number of alkyl halides is 1. The summed E-state index contributed by atoms with van der Waals surface area (Å²) < 4.78 is 31.5. The number of rotatable bonds is 11. The third kappa shape index (κ3) is 7.74. The number of hydrogen-bond acceptors (Lipinski definition) is 5. The van der Waals surface area contributed by atoms with Crippen LogP contribution in [0.3, 0.4) is 0 Å². The first-order valence-electron chi connectivity index (χ1n) is 10.0. The Labute approximate surface area is 208 Å². The lowest BCUT2D eigenvalue weighted by atomic mass is 9.77. The average Bonchev–Trinajstić information content (AvgIpc) is 2.79. The third-order valence-electron chi connectivity index (χ3n) is 5.37. The van der Waals surface area contributed by atoms with Gasteiger partial charge >= 0.3 is 6.09 Å². The number of ketones is 1. The lowest BCUT2D eigenvalue weighted by Crippen LogP contribution is -2.37. The summed E-state index contributed by atoms with van der Waals surface area (Å²) in [5.41, 5.74) is 0.587. The van der Waals surface area contributed by atoms with E-state index in [1.807, 2.05) is 54.6 Å². The van der Waals surface area contributed by atoms with E-state index >= 15 is 0 Å². The molecule has 0 heterocycles. The topological polar surface area (TPSA) is 80.8 Å². The van der Waals surface area contributed by atoms with Crippen molar-refractivity contribution in [1.82, 2.24) is 4.90 Å². The molecule has 0 aromatic heterocycles. The number of nitrogens with zero attached hydrogens (tertiary/aromatic N) is 1. The molecule has 6 nitrogen and oxygen atoms in total. The fourth-order valence-electron chi connectivity index (χ4n) is 3.08. The minimum Gasteiger partial charge on any atom is -0.445 e. The van der Waals surface area contributed by atoms with Crippen LogP contribution in [-0.2, 0) is 31.4 Å². The second kappa shape index (κ2) is 12.0. The highest BCUT2D eigenvalue weighted by Gasteiger charge is 2.35. The van der Waals surface area contributed by atoms with Crippen LogP contribution in [0.15, 0.2) is 54.6 Å². The summed E-state index contributed by atoms with van der Waals surface area (Å²) in [5, 5.41) is 0. The van der Waals surface area contributed by atoms with Gasteiger partial charge in [0.1, 0.15) is 6.61 Å². The zero-order valence-electron chi connectivity index (χ0n) is 18.1. The van der Waals surface area contributed by atoms with E-state index in [0.29, 0.717) is 0 Å². The first-order valence-corrected chi connectivity index (χ1v) is 13.5. The summed E-state index contributed by atoms with van der Waals surface area (Å²) in [5.74, 6) is -0.831. The minimum atomic E-state index is -3.52. The van der Waals surface area contributed by atoms with Gasteiger partial charge < -0.3 is 9.64 Å². The first-order chi connectivity index (χ1) is 15.1. The quantitative estimate of drug-likeness (QED) is 0.285. The Morgan fingerprint density at radius 3 is 2.41 bits per heavy atom. The Bertz CT molecular complexity index is 1030. The first kappa shape index (κ1) is 26.6. The number of benzene rings is 2. The molecule has 2 aromatic carbocycles. The van der Waals surface area contributed by atoms with Crippen LogP contribution < -0.4 is 0 Å². The predicted molar refractivity (Wildman–Crippen MR) is 135 cm³/mol. The van der Waals surface area contributed by atoms with Crippen LogP contribution in [0, 0.1) is 3.57 Å². The maximum atomic E-state index is 12.7. The Kier molecular flexibility index (Phi) is 9.97. The largest absolute Gasteiger partial charge is 0.445 e. The van der Waals surface area contributed by atoms with Gasteiger partial charge in [0.15, 0.2) is 15.6 Å². The summed E-state index contributed by atoms with van der Waals surface area (Å²) in [6, 6.07) is 16.7. The van der Waals surface area contributed by atoms with Gasteiger partial charge in [0.2, 0.25) is 0 Å². The van der Waals surface area contributed by atoms with Gasteiger partial charge in [-0.05, 0) is 59.2 Å². The molecule has 32 heavy (non-hydrogen) atoms. The van der Waals surface area contributed by atoms with Crippen molar-refractivity contribution in [3.63, 3.8) is 0 Å². The molecule has 0 N–H and O–H groups in total. The number of carbonyl (C=O) groups is 2. The van der Waals surface area contributed by atoms with Gasteiger partial charge in [0.25, 0.3) is 0 Å². The standard InChI is InChI=1S/C23H27ClINO5S/c1-23(21(27)16-24,19-9-6-10-20(25)15-19)11-13-32(29,30)14-12-26(2)22(28)31-17-18-7-4-3-5-8-18/h3-10,15H,11-14,16-17H2,1-2H3. The van der Waals surface area contributed by atoms with Crippen molar-refractivity contribution in [3.8, 4) is 0 Å². The van der Waals surface area contributed by atoms with Crippen molar-refractivity contribution < 1.29 is 22.7 Å². The van der Waals surface area contributed by atoms with Crippen molar-refractivity contribution in [2.75, 3.05) is 31.0 Å². The molecule has 1 amide bonds. The Hall–Kier alpha value is -1.65. The maximum Gasteiger partial charge on any atom is 0.409 e. The van der Waals surface area contributed by atoms with E-state index in [1.165, 1.54) is 11.9 Å². The van der Waals surface area contributed by atoms with Crippen LogP contribution >= 0.6 is 34.2 Å². The predicted octanol–water partition coefficient (Wildman–Crippen LogP) is 4.43.